The number of benzene rings is 2. The summed E-state index contributed by atoms with van der Waals surface area (Å²) in [6, 6.07) is 9.34. The van der Waals surface area contributed by atoms with Crippen LogP contribution in [0.5, 0.6) is 0 Å². The zero-order valence-corrected chi connectivity index (χ0v) is 24.7. The van der Waals surface area contributed by atoms with Gasteiger partial charge in [0.15, 0.2) is 0 Å². The first-order valence-electron chi connectivity index (χ1n) is 12.0. The summed E-state index contributed by atoms with van der Waals surface area (Å²) in [5, 5.41) is 3.65. The highest BCUT2D eigenvalue weighted by atomic mass is 35.5. The second-order valence-corrected chi connectivity index (χ2v) is 12.3. The number of nitrogens with zero attached hydrogens (tertiary/aromatic N) is 3. The van der Waals surface area contributed by atoms with Crippen molar-refractivity contribution in [1.82, 2.24) is 14.5 Å². The highest BCUT2D eigenvalue weighted by Gasteiger charge is 2.34. The zero-order chi connectivity index (χ0) is 28.1. The van der Waals surface area contributed by atoms with Crippen LogP contribution in [0.3, 0.4) is 0 Å². The van der Waals surface area contributed by atoms with Crippen molar-refractivity contribution in [2.75, 3.05) is 24.9 Å². The Morgan fingerprint density at radius 2 is 1.68 bits per heavy atom. The molecule has 0 fully saturated rings. The lowest BCUT2D eigenvalue weighted by Gasteiger charge is -2.34. The Kier molecular flexibility index (Phi) is 10.8. The number of amides is 2. The van der Waals surface area contributed by atoms with E-state index in [1.54, 1.807) is 38.1 Å². The summed E-state index contributed by atoms with van der Waals surface area (Å²) in [7, 11) is -1.22. The number of nitrogens with one attached hydrogen (secondary N) is 1. The number of hydrogen-bond donors (Lipinski definition) is 1. The van der Waals surface area contributed by atoms with Gasteiger partial charge < -0.3 is 10.2 Å². The van der Waals surface area contributed by atoms with Gasteiger partial charge in [0.2, 0.25) is 11.8 Å². The van der Waals surface area contributed by atoms with Gasteiger partial charge in [0.1, 0.15) is 12.6 Å². The first kappa shape index (κ1) is 30.9. The smallest absolute Gasteiger partial charge is 0.304 e. The molecular formula is C26H36Cl2N4O4S. The molecule has 8 nitrogen and oxygen atoms in total. The average molecular weight is 572 g/mol. The van der Waals surface area contributed by atoms with Gasteiger partial charge in [-0.15, -0.1) is 0 Å². The molecule has 0 bridgehead atoms. The third kappa shape index (κ3) is 7.83. The van der Waals surface area contributed by atoms with Crippen molar-refractivity contribution in [3.63, 3.8) is 0 Å². The van der Waals surface area contributed by atoms with Crippen molar-refractivity contribution < 1.29 is 18.0 Å². The molecule has 11 heteroatoms. The Morgan fingerprint density at radius 3 is 2.22 bits per heavy atom. The van der Waals surface area contributed by atoms with E-state index in [1.807, 2.05) is 32.9 Å². The van der Waals surface area contributed by atoms with Crippen molar-refractivity contribution in [2.24, 2.45) is 0 Å². The van der Waals surface area contributed by atoms with Crippen LogP contribution < -0.4 is 9.62 Å². The summed E-state index contributed by atoms with van der Waals surface area (Å²) in [4.78, 5) is 28.4. The molecule has 0 aliphatic carbocycles. The second-order valence-electron chi connectivity index (χ2n) is 9.43. The van der Waals surface area contributed by atoms with Crippen LogP contribution in [-0.4, -0.2) is 62.2 Å². The number of carbonyl (C=O) groups is 2. The Labute approximate surface area is 230 Å². The maximum absolute atomic E-state index is 13.9. The maximum atomic E-state index is 13.9. The molecule has 0 unspecified atom stereocenters. The molecule has 0 aliphatic rings. The van der Waals surface area contributed by atoms with Gasteiger partial charge in [-0.25, -0.2) is 4.31 Å². The lowest BCUT2D eigenvalue weighted by atomic mass is 10.1. The summed E-state index contributed by atoms with van der Waals surface area (Å²) >= 11 is 12.5. The molecule has 37 heavy (non-hydrogen) atoms. The van der Waals surface area contributed by atoms with Gasteiger partial charge in [0.05, 0.1) is 5.69 Å². The van der Waals surface area contributed by atoms with Crippen molar-refractivity contribution in [3.05, 3.63) is 63.1 Å². The first-order valence-corrected chi connectivity index (χ1v) is 14.2. The summed E-state index contributed by atoms with van der Waals surface area (Å²) in [5.74, 6) is -0.868. The molecule has 1 N–H and O–H groups in total. The molecule has 0 saturated carbocycles. The SMILES string of the molecule is CC[C@@H](C(=O)NC(C)C)N(Cc1ccc(Cl)cc1Cl)C(=O)CN(c1cc(C)ccc1C)S(=O)(=O)N(C)C. The van der Waals surface area contributed by atoms with Crippen LogP contribution >= 0.6 is 23.2 Å². The van der Waals surface area contributed by atoms with Crippen molar-refractivity contribution >= 4 is 50.9 Å². The molecule has 1 atom stereocenters. The monoisotopic (exact) mass is 570 g/mol. The quantitative estimate of drug-likeness (QED) is 0.429. The molecule has 204 valence electrons. The molecule has 0 saturated heterocycles. The zero-order valence-electron chi connectivity index (χ0n) is 22.4. The van der Waals surface area contributed by atoms with E-state index in [0.29, 0.717) is 33.3 Å². The highest BCUT2D eigenvalue weighted by molar-refractivity contribution is 7.90. The molecule has 0 heterocycles. The van der Waals surface area contributed by atoms with Crippen molar-refractivity contribution in [2.45, 2.75) is 59.7 Å². The topological polar surface area (TPSA) is 90.0 Å². The fraction of sp³-hybridized carbons (Fsp3) is 0.462. The molecule has 0 radical (unpaired) electrons. The van der Waals surface area contributed by atoms with Gasteiger partial charge in [0.25, 0.3) is 0 Å². The van der Waals surface area contributed by atoms with E-state index >= 15 is 0 Å². The highest BCUT2D eigenvalue weighted by Crippen LogP contribution is 2.27. The third-order valence-corrected chi connectivity index (χ3v) is 8.22. The van der Waals surface area contributed by atoms with Crippen LogP contribution in [0.4, 0.5) is 5.69 Å². The third-order valence-electron chi connectivity index (χ3n) is 5.82. The predicted molar refractivity (Wildman–Crippen MR) is 150 cm³/mol. The number of hydrogen-bond acceptors (Lipinski definition) is 4. The largest absolute Gasteiger partial charge is 0.352 e. The fourth-order valence-corrected chi connectivity index (χ4v) is 5.40. The van der Waals surface area contributed by atoms with E-state index < -0.39 is 28.7 Å². The van der Waals surface area contributed by atoms with Gasteiger partial charge in [-0.2, -0.15) is 12.7 Å². The second kappa shape index (κ2) is 13.0. The van der Waals surface area contributed by atoms with Crippen LogP contribution in [0.15, 0.2) is 36.4 Å². The Morgan fingerprint density at radius 1 is 1.03 bits per heavy atom. The van der Waals surface area contributed by atoms with Gasteiger partial charge in [0, 0.05) is 36.7 Å². The van der Waals surface area contributed by atoms with E-state index in [9.17, 15) is 18.0 Å². The van der Waals surface area contributed by atoms with Gasteiger partial charge in [-0.3, -0.25) is 9.59 Å². The molecule has 0 spiro atoms. The minimum Gasteiger partial charge on any atom is -0.352 e. The van der Waals surface area contributed by atoms with Gasteiger partial charge >= 0.3 is 10.2 Å². The number of carbonyl (C=O) groups excluding carboxylic acids is 2. The van der Waals surface area contributed by atoms with E-state index in [-0.39, 0.29) is 18.5 Å². The van der Waals surface area contributed by atoms with Crippen LogP contribution in [0, 0.1) is 13.8 Å². The first-order chi connectivity index (χ1) is 17.2. The number of rotatable bonds is 11. The lowest BCUT2D eigenvalue weighted by Crippen LogP contribution is -2.54. The van der Waals surface area contributed by atoms with Gasteiger partial charge in [-0.1, -0.05) is 48.3 Å². The molecule has 0 aromatic heterocycles. The van der Waals surface area contributed by atoms with Crippen molar-refractivity contribution in [1.29, 1.82) is 0 Å². The predicted octanol–water partition coefficient (Wildman–Crippen LogP) is 4.56. The average Bonchev–Trinajstić information content (AvgIpc) is 2.79. The summed E-state index contributed by atoms with van der Waals surface area (Å²) in [6.07, 6.45) is 0.319. The number of anilines is 1. The fourth-order valence-electron chi connectivity index (χ4n) is 3.82. The Bertz CT molecular complexity index is 1240. The van der Waals surface area contributed by atoms with Crippen molar-refractivity contribution in [3.8, 4) is 0 Å². The Hall–Kier alpha value is -2.33. The van der Waals surface area contributed by atoms with E-state index in [0.717, 1.165) is 14.2 Å². The number of halogens is 2. The van der Waals surface area contributed by atoms with E-state index in [2.05, 4.69) is 5.32 Å². The van der Waals surface area contributed by atoms with E-state index in [4.69, 9.17) is 23.2 Å². The van der Waals surface area contributed by atoms with Crippen LogP contribution in [0.1, 0.15) is 43.9 Å². The molecule has 2 rings (SSSR count). The van der Waals surface area contributed by atoms with Crippen LogP contribution in [0.25, 0.3) is 0 Å². The molecule has 2 aromatic rings. The Balaban J connectivity index is 2.59. The molecule has 2 aromatic carbocycles. The summed E-state index contributed by atoms with van der Waals surface area (Å²) in [6.45, 7) is 8.60. The summed E-state index contributed by atoms with van der Waals surface area (Å²) < 4.78 is 28.9. The lowest BCUT2D eigenvalue weighted by molar-refractivity contribution is -0.140. The van der Waals surface area contributed by atoms with E-state index in [1.165, 1.54) is 19.0 Å². The molecule has 0 aliphatic heterocycles. The maximum Gasteiger partial charge on any atom is 0.304 e. The van der Waals surface area contributed by atoms with Gasteiger partial charge in [-0.05, 0) is 69.0 Å². The minimum absolute atomic E-state index is 0.00150. The van der Waals surface area contributed by atoms with Crippen LogP contribution in [0.2, 0.25) is 10.0 Å². The van der Waals surface area contributed by atoms with Crippen LogP contribution in [-0.2, 0) is 26.3 Å². The number of aryl methyl sites for hydroxylation is 2. The minimum atomic E-state index is -4.04. The standard InChI is InChI=1S/C26H36Cl2N4O4S/c1-8-23(26(34)29-17(2)3)31(15-20-11-12-21(27)14-22(20)28)25(33)16-32(37(35,36)30(6)7)24-13-18(4)9-10-19(24)5/h9-14,17,23H,8,15-16H2,1-7H3,(H,29,34)/t23-/m0/s1. The molecule has 2 amide bonds. The normalized spacial score (nSPS) is 12.5. The molecular weight excluding hydrogens is 535 g/mol. The summed E-state index contributed by atoms with van der Waals surface area (Å²) in [5.41, 5.74) is 2.52.